The third kappa shape index (κ3) is 2.29. The fourth-order valence-electron chi connectivity index (χ4n) is 3.36. The molecule has 20 heavy (non-hydrogen) atoms. The van der Waals surface area contributed by atoms with Gasteiger partial charge in [-0.15, -0.1) is 0 Å². The maximum Gasteiger partial charge on any atom is 0.223 e. The maximum atomic E-state index is 11.7. The first-order valence-corrected chi connectivity index (χ1v) is 7.52. The number of benzene rings is 1. The lowest BCUT2D eigenvalue weighted by atomic mass is 10.0. The normalized spacial score (nSPS) is 23.9. The van der Waals surface area contributed by atoms with Crippen LogP contribution >= 0.6 is 0 Å². The molecule has 0 saturated carbocycles. The average Bonchev–Trinajstić information content (AvgIpc) is 2.87. The molecule has 1 N–H and O–H groups in total. The number of aliphatic hydroxyl groups excluding tert-OH is 1. The Bertz CT molecular complexity index is 503. The van der Waals surface area contributed by atoms with Gasteiger partial charge in [0.15, 0.2) is 0 Å². The minimum absolute atomic E-state index is 0.302. The van der Waals surface area contributed by atoms with E-state index in [1.807, 2.05) is 30.0 Å². The summed E-state index contributed by atoms with van der Waals surface area (Å²) in [6.45, 7) is 4.55. The first kappa shape index (κ1) is 13.4. The Kier molecular flexibility index (Phi) is 3.66. The van der Waals surface area contributed by atoms with E-state index >= 15 is 0 Å². The van der Waals surface area contributed by atoms with Crippen molar-refractivity contribution < 1.29 is 9.90 Å². The zero-order valence-electron chi connectivity index (χ0n) is 12.0. The summed E-state index contributed by atoms with van der Waals surface area (Å²) in [4.78, 5) is 16.1. The number of hydrogen-bond acceptors (Lipinski definition) is 3. The predicted octanol–water partition coefficient (Wildman–Crippen LogP) is 1.94. The number of carbonyl (C=O) groups is 1. The monoisotopic (exact) mass is 274 g/mol. The molecular weight excluding hydrogens is 252 g/mol. The lowest BCUT2D eigenvalue weighted by Crippen LogP contribution is -2.51. The van der Waals surface area contributed by atoms with Gasteiger partial charge in [-0.05, 0) is 18.9 Å². The van der Waals surface area contributed by atoms with Gasteiger partial charge in [-0.2, -0.15) is 0 Å². The summed E-state index contributed by atoms with van der Waals surface area (Å²) in [5.41, 5.74) is 2.13. The third-order valence-corrected chi connectivity index (χ3v) is 4.52. The van der Waals surface area contributed by atoms with E-state index in [4.69, 9.17) is 0 Å². The minimum Gasteiger partial charge on any atom is -0.388 e. The fraction of sp³-hybridized carbons (Fsp3) is 0.562. The van der Waals surface area contributed by atoms with E-state index < -0.39 is 6.10 Å². The van der Waals surface area contributed by atoms with Gasteiger partial charge in [0.25, 0.3) is 0 Å². The predicted molar refractivity (Wildman–Crippen MR) is 78.6 cm³/mol. The van der Waals surface area contributed by atoms with Crippen LogP contribution in [0.25, 0.3) is 0 Å². The summed E-state index contributed by atoms with van der Waals surface area (Å²) < 4.78 is 0. The number of amides is 1. The lowest BCUT2D eigenvalue weighted by molar-refractivity contribution is -0.129. The fourth-order valence-corrected chi connectivity index (χ4v) is 3.36. The summed E-state index contributed by atoms with van der Waals surface area (Å²) in [7, 11) is 0. The maximum absolute atomic E-state index is 11.7. The number of rotatable bonds is 3. The van der Waals surface area contributed by atoms with Crippen LogP contribution < -0.4 is 4.90 Å². The van der Waals surface area contributed by atoms with Crippen molar-refractivity contribution in [1.29, 1.82) is 0 Å². The molecule has 1 aromatic carbocycles. The van der Waals surface area contributed by atoms with Crippen molar-refractivity contribution in [2.24, 2.45) is 0 Å². The van der Waals surface area contributed by atoms with Crippen molar-refractivity contribution in [2.75, 3.05) is 24.5 Å². The highest BCUT2D eigenvalue weighted by molar-refractivity contribution is 5.79. The molecule has 0 radical (unpaired) electrons. The molecule has 2 aliphatic rings. The van der Waals surface area contributed by atoms with Crippen molar-refractivity contribution in [1.82, 2.24) is 4.90 Å². The van der Waals surface area contributed by atoms with Crippen LogP contribution in [0.15, 0.2) is 24.3 Å². The van der Waals surface area contributed by atoms with Gasteiger partial charge in [0, 0.05) is 43.3 Å². The number of para-hydroxylation sites is 1. The van der Waals surface area contributed by atoms with E-state index in [2.05, 4.69) is 11.0 Å². The van der Waals surface area contributed by atoms with Crippen molar-refractivity contribution in [3.8, 4) is 0 Å². The SMILES string of the molecule is CC[C@@H](O)c1ccccc1N1CCN2C(=O)CCC2C1. The highest BCUT2D eigenvalue weighted by Gasteiger charge is 2.36. The van der Waals surface area contributed by atoms with Crippen molar-refractivity contribution in [2.45, 2.75) is 38.3 Å². The molecule has 0 spiro atoms. The third-order valence-electron chi connectivity index (χ3n) is 4.52. The van der Waals surface area contributed by atoms with Crippen molar-refractivity contribution in [3.63, 3.8) is 0 Å². The number of nitrogens with zero attached hydrogens (tertiary/aromatic N) is 2. The molecule has 0 aromatic heterocycles. The van der Waals surface area contributed by atoms with Crippen molar-refractivity contribution in [3.05, 3.63) is 29.8 Å². The van der Waals surface area contributed by atoms with E-state index in [9.17, 15) is 9.90 Å². The smallest absolute Gasteiger partial charge is 0.223 e. The molecule has 3 rings (SSSR count). The molecule has 2 atom stereocenters. The Morgan fingerprint density at radius 1 is 1.35 bits per heavy atom. The lowest BCUT2D eigenvalue weighted by Gasteiger charge is -2.40. The average molecular weight is 274 g/mol. The van der Waals surface area contributed by atoms with Gasteiger partial charge >= 0.3 is 0 Å². The van der Waals surface area contributed by atoms with Crippen LogP contribution in [0, 0.1) is 0 Å². The molecule has 1 unspecified atom stereocenters. The van der Waals surface area contributed by atoms with Crippen molar-refractivity contribution >= 4 is 11.6 Å². The van der Waals surface area contributed by atoms with Crippen LogP contribution in [-0.2, 0) is 4.79 Å². The minimum atomic E-state index is -0.408. The summed E-state index contributed by atoms with van der Waals surface area (Å²) in [6.07, 6.45) is 1.97. The number of fused-ring (bicyclic) bond motifs is 1. The van der Waals surface area contributed by atoms with Gasteiger partial charge < -0.3 is 14.9 Å². The molecule has 1 amide bonds. The molecule has 108 valence electrons. The van der Waals surface area contributed by atoms with Crippen LogP contribution in [0.2, 0.25) is 0 Å². The molecule has 2 fully saturated rings. The van der Waals surface area contributed by atoms with Crippen LogP contribution in [0.3, 0.4) is 0 Å². The Morgan fingerprint density at radius 3 is 2.95 bits per heavy atom. The van der Waals surface area contributed by atoms with Gasteiger partial charge in [0.2, 0.25) is 5.91 Å². The zero-order valence-corrected chi connectivity index (χ0v) is 12.0. The van der Waals surface area contributed by atoms with E-state index in [0.29, 0.717) is 18.4 Å². The first-order chi connectivity index (χ1) is 9.70. The second-order valence-corrected chi connectivity index (χ2v) is 5.71. The molecule has 1 aromatic rings. The van der Waals surface area contributed by atoms with Gasteiger partial charge in [-0.25, -0.2) is 0 Å². The Morgan fingerprint density at radius 2 is 2.15 bits per heavy atom. The first-order valence-electron chi connectivity index (χ1n) is 7.52. The Balaban J connectivity index is 1.82. The number of aliphatic hydroxyl groups is 1. The molecule has 0 bridgehead atoms. The topological polar surface area (TPSA) is 43.8 Å². The molecule has 2 saturated heterocycles. The molecular formula is C16H22N2O2. The van der Waals surface area contributed by atoms with Gasteiger partial charge in [-0.3, -0.25) is 4.79 Å². The summed E-state index contributed by atoms with van der Waals surface area (Å²) in [6, 6.07) is 8.44. The van der Waals surface area contributed by atoms with E-state index in [1.54, 1.807) is 0 Å². The largest absolute Gasteiger partial charge is 0.388 e. The second kappa shape index (κ2) is 5.44. The highest BCUT2D eigenvalue weighted by Crippen LogP contribution is 2.31. The molecule has 2 heterocycles. The molecule has 0 aliphatic carbocycles. The number of anilines is 1. The molecule has 4 heteroatoms. The van der Waals surface area contributed by atoms with Crippen LogP contribution in [-0.4, -0.2) is 41.6 Å². The molecule has 2 aliphatic heterocycles. The summed E-state index contributed by atoms with van der Waals surface area (Å²) in [5.74, 6) is 0.302. The van der Waals surface area contributed by atoms with Gasteiger partial charge in [0.05, 0.1) is 6.10 Å². The number of piperazine rings is 1. The Hall–Kier alpha value is -1.55. The number of carbonyl (C=O) groups excluding carboxylic acids is 1. The standard InChI is InChI=1S/C16H22N2O2/c1-2-15(19)13-5-3-4-6-14(13)17-9-10-18-12(11-17)7-8-16(18)20/h3-6,12,15,19H,2,7-11H2,1H3/t12?,15-/m1/s1. The van der Waals surface area contributed by atoms with E-state index in [-0.39, 0.29) is 0 Å². The Labute approximate surface area is 120 Å². The van der Waals surface area contributed by atoms with Crippen LogP contribution in [0.5, 0.6) is 0 Å². The highest BCUT2D eigenvalue weighted by atomic mass is 16.3. The summed E-state index contributed by atoms with van der Waals surface area (Å²) in [5, 5.41) is 10.2. The zero-order chi connectivity index (χ0) is 14.1. The van der Waals surface area contributed by atoms with E-state index in [1.165, 1.54) is 0 Å². The molecule has 4 nitrogen and oxygen atoms in total. The second-order valence-electron chi connectivity index (χ2n) is 5.71. The van der Waals surface area contributed by atoms with Crippen LogP contribution in [0.4, 0.5) is 5.69 Å². The van der Waals surface area contributed by atoms with E-state index in [0.717, 1.165) is 43.7 Å². The quantitative estimate of drug-likeness (QED) is 0.916. The summed E-state index contributed by atoms with van der Waals surface area (Å²) >= 11 is 0. The van der Waals surface area contributed by atoms with Crippen LogP contribution in [0.1, 0.15) is 37.9 Å². The number of hydrogen-bond donors (Lipinski definition) is 1. The van der Waals surface area contributed by atoms with Gasteiger partial charge in [-0.1, -0.05) is 25.1 Å². The van der Waals surface area contributed by atoms with Gasteiger partial charge in [0.1, 0.15) is 0 Å².